The van der Waals surface area contributed by atoms with E-state index in [1.807, 2.05) is 0 Å². The minimum absolute atomic E-state index is 0.298. The average Bonchev–Trinajstić information content (AvgIpc) is 2.71. The highest BCUT2D eigenvalue weighted by molar-refractivity contribution is 6.58. The van der Waals surface area contributed by atoms with Gasteiger partial charge in [-0.3, -0.25) is 0 Å². The fraction of sp³-hybridized carbons (Fsp3) is 0.238. The standard InChI is InChI=1S/C21H23BO7/c1-15(2)20(23)28-14-4-3-13-27-18-9-5-16(6-10-18)21(24)29-19-11-7-17(8-12-19)22(25)26/h5-12,25-26H,1,3-4,13-14H2,2H3. The minimum atomic E-state index is -1.57. The van der Waals surface area contributed by atoms with Gasteiger partial charge < -0.3 is 24.3 Å². The Morgan fingerprint density at radius 3 is 2.10 bits per heavy atom. The second-order valence-corrected chi connectivity index (χ2v) is 6.33. The average molecular weight is 398 g/mol. The Morgan fingerprint density at radius 2 is 1.52 bits per heavy atom. The lowest BCUT2D eigenvalue weighted by Gasteiger charge is -2.08. The second-order valence-electron chi connectivity index (χ2n) is 6.33. The molecular weight excluding hydrogens is 375 g/mol. The van der Waals surface area contributed by atoms with Gasteiger partial charge in [0, 0.05) is 5.57 Å². The molecule has 2 N–H and O–H groups in total. The van der Waals surface area contributed by atoms with Gasteiger partial charge >= 0.3 is 19.1 Å². The number of carbonyl (C=O) groups is 2. The van der Waals surface area contributed by atoms with Gasteiger partial charge in [0.1, 0.15) is 11.5 Å². The number of hydrogen-bond acceptors (Lipinski definition) is 7. The quantitative estimate of drug-likeness (QED) is 0.207. The van der Waals surface area contributed by atoms with E-state index in [9.17, 15) is 9.59 Å². The van der Waals surface area contributed by atoms with Crippen molar-refractivity contribution in [3.63, 3.8) is 0 Å². The van der Waals surface area contributed by atoms with Gasteiger partial charge in [-0.1, -0.05) is 18.7 Å². The van der Waals surface area contributed by atoms with Crippen LogP contribution in [0.3, 0.4) is 0 Å². The van der Waals surface area contributed by atoms with Gasteiger partial charge in [0.2, 0.25) is 0 Å². The Bertz CT molecular complexity index is 829. The first-order chi connectivity index (χ1) is 13.9. The summed E-state index contributed by atoms with van der Waals surface area (Å²) in [5.74, 6) is -0.0164. The van der Waals surface area contributed by atoms with Gasteiger partial charge in [-0.15, -0.1) is 0 Å². The first-order valence-electron chi connectivity index (χ1n) is 9.10. The van der Waals surface area contributed by atoms with Crippen molar-refractivity contribution in [3.05, 3.63) is 66.2 Å². The first-order valence-corrected chi connectivity index (χ1v) is 9.10. The molecule has 29 heavy (non-hydrogen) atoms. The third kappa shape index (κ3) is 7.44. The smallest absolute Gasteiger partial charge is 0.488 e. The summed E-state index contributed by atoms with van der Waals surface area (Å²) in [5, 5.41) is 18.1. The number of benzene rings is 2. The zero-order chi connectivity index (χ0) is 21.2. The lowest BCUT2D eigenvalue weighted by atomic mass is 9.80. The van der Waals surface area contributed by atoms with Gasteiger partial charge in [0.05, 0.1) is 18.8 Å². The maximum absolute atomic E-state index is 12.2. The second kappa shape index (κ2) is 11.0. The molecule has 0 spiro atoms. The number of ether oxygens (including phenoxy) is 3. The summed E-state index contributed by atoms with van der Waals surface area (Å²) in [7, 11) is -1.57. The summed E-state index contributed by atoms with van der Waals surface area (Å²) in [6, 6.07) is 12.4. The van der Waals surface area contributed by atoms with E-state index in [4.69, 9.17) is 24.3 Å². The molecule has 0 unspecified atom stereocenters. The number of unbranched alkanes of at least 4 members (excludes halogenated alkanes) is 1. The maximum atomic E-state index is 12.2. The van der Waals surface area contributed by atoms with Crippen LogP contribution < -0.4 is 14.9 Å². The van der Waals surface area contributed by atoms with E-state index < -0.39 is 19.1 Å². The van der Waals surface area contributed by atoms with Crippen LogP contribution in [0.4, 0.5) is 0 Å². The van der Waals surface area contributed by atoms with Crippen LogP contribution in [0.2, 0.25) is 0 Å². The molecule has 0 saturated carbocycles. The van der Waals surface area contributed by atoms with E-state index in [1.165, 1.54) is 24.3 Å². The van der Waals surface area contributed by atoms with Crippen molar-refractivity contribution < 1.29 is 33.8 Å². The van der Waals surface area contributed by atoms with Crippen LogP contribution in [0.25, 0.3) is 0 Å². The molecule has 0 bridgehead atoms. The molecule has 0 aliphatic carbocycles. The van der Waals surface area contributed by atoms with Crippen molar-refractivity contribution in [2.24, 2.45) is 0 Å². The van der Waals surface area contributed by atoms with Gasteiger partial charge in [0.15, 0.2) is 0 Å². The number of carbonyl (C=O) groups excluding carboxylic acids is 2. The van der Waals surface area contributed by atoms with Crippen LogP contribution in [-0.4, -0.2) is 42.3 Å². The summed E-state index contributed by atoms with van der Waals surface area (Å²) < 4.78 is 15.8. The maximum Gasteiger partial charge on any atom is 0.488 e. The van der Waals surface area contributed by atoms with Crippen LogP contribution in [0.5, 0.6) is 11.5 Å². The molecule has 0 fully saturated rings. The molecule has 7 nitrogen and oxygen atoms in total. The molecule has 2 aromatic carbocycles. The molecule has 152 valence electrons. The van der Waals surface area contributed by atoms with Crippen LogP contribution in [-0.2, 0) is 9.53 Å². The molecule has 8 heteroatoms. The Labute approximate surface area is 169 Å². The number of esters is 2. The lowest BCUT2D eigenvalue weighted by Crippen LogP contribution is -2.29. The van der Waals surface area contributed by atoms with Crippen molar-refractivity contribution in [2.75, 3.05) is 13.2 Å². The monoisotopic (exact) mass is 398 g/mol. The van der Waals surface area contributed by atoms with Crippen LogP contribution >= 0.6 is 0 Å². The highest BCUT2D eigenvalue weighted by Crippen LogP contribution is 2.16. The number of rotatable bonds is 10. The van der Waals surface area contributed by atoms with Gasteiger partial charge in [-0.2, -0.15) is 0 Å². The summed E-state index contributed by atoms with van der Waals surface area (Å²) in [6.07, 6.45) is 1.39. The van der Waals surface area contributed by atoms with Crippen LogP contribution in [0.1, 0.15) is 30.1 Å². The largest absolute Gasteiger partial charge is 0.494 e. The van der Waals surface area contributed by atoms with Crippen molar-refractivity contribution in [1.82, 2.24) is 0 Å². The summed E-state index contributed by atoms with van der Waals surface area (Å²) in [5.41, 5.74) is 1.04. The van der Waals surface area contributed by atoms with Crippen molar-refractivity contribution in [3.8, 4) is 11.5 Å². The zero-order valence-electron chi connectivity index (χ0n) is 16.2. The predicted molar refractivity (Wildman–Crippen MR) is 108 cm³/mol. The third-order valence-electron chi connectivity index (χ3n) is 3.87. The molecule has 0 saturated heterocycles. The third-order valence-corrected chi connectivity index (χ3v) is 3.87. The molecule has 0 heterocycles. The molecule has 0 aromatic heterocycles. The predicted octanol–water partition coefficient (Wildman–Crippen LogP) is 1.86. The molecule has 2 aromatic rings. The number of hydrogen-bond donors (Lipinski definition) is 2. The van der Waals surface area contributed by atoms with Crippen LogP contribution in [0.15, 0.2) is 60.7 Å². The topological polar surface area (TPSA) is 102 Å². The minimum Gasteiger partial charge on any atom is -0.494 e. The molecule has 0 radical (unpaired) electrons. The highest BCUT2D eigenvalue weighted by atomic mass is 16.5. The SMILES string of the molecule is C=C(C)C(=O)OCCCCOc1ccc(C(=O)Oc2ccc(B(O)O)cc2)cc1. The van der Waals surface area contributed by atoms with Crippen LogP contribution in [0, 0.1) is 0 Å². The van der Waals surface area contributed by atoms with E-state index in [0.29, 0.717) is 54.2 Å². The summed E-state index contributed by atoms with van der Waals surface area (Å²) >= 11 is 0. The Morgan fingerprint density at radius 1 is 0.931 bits per heavy atom. The van der Waals surface area contributed by atoms with E-state index in [-0.39, 0.29) is 0 Å². The lowest BCUT2D eigenvalue weighted by molar-refractivity contribution is -0.139. The van der Waals surface area contributed by atoms with E-state index >= 15 is 0 Å². The Hall–Kier alpha value is -3.10. The van der Waals surface area contributed by atoms with E-state index in [0.717, 1.165) is 0 Å². The summed E-state index contributed by atoms with van der Waals surface area (Å²) in [6.45, 7) is 5.89. The van der Waals surface area contributed by atoms with Crippen molar-refractivity contribution in [2.45, 2.75) is 19.8 Å². The van der Waals surface area contributed by atoms with E-state index in [2.05, 4.69) is 6.58 Å². The van der Waals surface area contributed by atoms with Gasteiger partial charge in [-0.25, -0.2) is 9.59 Å². The van der Waals surface area contributed by atoms with Gasteiger partial charge in [0.25, 0.3) is 0 Å². The van der Waals surface area contributed by atoms with Crippen molar-refractivity contribution >= 4 is 24.5 Å². The fourth-order valence-electron chi connectivity index (χ4n) is 2.24. The molecule has 0 aliphatic heterocycles. The molecular formula is C21H23BO7. The Balaban J connectivity index is 1.74. The highest BCUT2D eigenvalue weighted by Gasteiger charge is 2.12. The molecule has 0 amide bonds. The zero-order valence-corrected chi connectivity index (χ0v) is 16.2. The van der Waals surface area contributed by atoms with Crippen molar-refractivity contribution in [1.29, 1.82) is 0 Å². The first kappa shape index (κ1) is 22.2. The fourth-order valence-corrected chi connectivity index (χ4v) is 2.24. The molecule has 0 aliphatic rings. The summed E-state index contributed by atoms with van der Waals surface area (Å²) in [4.78, 5) is 23.4. The van der Waals surface area contributed by atoms with Gasteiger partial charge in [-0.05, 0) is 61.6 Å². The molecule has 0 atom stereocenters. The molecule has 2 rings (SSSR count). The Kier molecular flexibility index (Phi) is 8.45. The normalized spacial score (nSPS) is 10.2. The van der Waals surface area contributed by atoms with E-state index in [1.54, 1.807) is 31.2 Å².